The molecule has 0 bridgehead atoms. The van der Waals surface area contributed by atoms with E-state index in [0.717, 1.165) is 13.0 Å². The number of hydrogen-bond acceptors (Lipinski definition) is 7. The number of ether oxygens (including phenoxy) is 1. The Morgan fingerprint density at radius 2 is 1.85 bits per heavy atom. The molecule has 0 spiro atoms. The molecule has 0 unspecified atom stereocenters. The van der Waals surface area contributed by atoms with Crippen molar-refractivity contribution in [2.75, 3.05) is 39.3 Å². The average Bonchev–Trinajstić information content (AvgIpc) is 3.15. The average molecular weight is 489 g/mol. The van der Waals surface area contributed by atoms with Gasteiger partial charge in [-0.05, 0) is 45.0 Å². The molecular formula is C23H32N6O4S. The molecule has 1 N–H and O–H groups in total. The summed E-state index contributed by atoms with van der Waals surface area (Å²) < 4.78 is 36.1. The van der Waals surface area contributed by atoms with Crippen LogP contribution in [0.15, 0.2) is 27.9 Å². The molecular weight excluding hydrogens is 456 g/mol. The summed E-state index contributed by atoms with van der Waals surface area (Å²) in [5.41, 5.74) is 0.900. The maximum absolute atomic E-state index is 13.7. The molecule has 1 saturated heterocycles. The number of aryl methyl sites for hydroxylation is 2. The van der Waals surface area contributed by atoms with Crippen molar-refractivity contribution in [3.63, 3.8) is 0 Å². The van der Waals surface area contributed by atoms with Crippen LogP contribution in [0.2, 0.25) is 0 Å². The molecule has 10 nitrogen and oxygen atoms in total. The van der Waals surface area contributed by atoms with Crippen molar-refractivity contribution in [3.8, 4) is 17.1 Å². The van der Waals surface area contributed by atoms with Gasteiger partial charge in [-0.2, -0.15) is 4.31 Å². The van der Waals surface area contributed by atoms with Crippen molar-refractivity contribution in [1.29, 1.82) is 0 Å². The summed E-state index contributed by atoms with van der Waals surface area (Å²) in [4.78, 5) is 22.6. The van der Waals surface area contributed by atoms with Gasteiger partial charge >= 0.3 is 0 Å². The van der Waals surface area contributed by atoms with Crippen molar-refractivity contribution in [2.24, 2.45) is 0 Å². The van der Waals surface area contributed by atoms with Gasteiger partial charge in [0, 0.05) is 38.2 Å². The van der Waals surface area contributed by atoms with Crippen LogP contribution < -0.4 is 10.3 Å². The van der Waals surface area contributed by atoms with Crippen LogP contribution in [0, 0.1) is 6.92 Å². The van der Waals surface area contributed by atoms with E-state index >= 15 is 0 Å². The Labute approximate surface area is 199 Å². The van der Waals surface area contributed by atoms with E-state index in [1.807, 2.05) is 13.8 Å². The Kier molecular flexibility index (Phi) is 7.06. The molecule has 11 heteroatoms. The van der Waals surface area contributed by atoms with Crippen LogP contribution in [-0.4, -0.2) is 76.5 Å². The number of piperazine rings is 1. The van der Waals surface area contributed by atoms with E-state index in [4.69, 9.17) is 4.74 Å². The molecule has 0 amide bonds. The van der Waals surface area contributed by atoms with E-state index in [-0.39, 0.29) is 16.3 Å². The van der Waals surface area contributed by atoms with Gasteiger partial charge in [-0.15, -0.1) is 5.10 Å². The number of rotatable bonds is 8. The number of fused-ring (bicyclic) bond motifs is 1. The van der Waals surface area contributed by atoms with Crippen LogP contribution in [0.3, 0.4) is 0 Å². The fraction of sp³-hybridized carbons (Fsp3) is 0.522. The third kappa shape index (κ3) is 4.47. The minimum Gasteiger partial charge on any atom is -0.494 e. The summed E-state index contributed by atoms with van der Waals surface area (Å²) in [5.74, 6) is 1.34. The highest BCUT2D eigenvalue weighted by atomic mass is 32.2. The first-order chi connectivity index (χ1) is 16.3. The molecule has 184 valence electrons. The number of imidazole rings is 1. The number of aromatic amines is 1. The number of H-pyrrole nitrogens is 1. The zero-order valence-electron chi connectivity index (χ0n) is 20.2. The molecule has 0 aliphatic carbocycles. The van der Waals surface area contributed by atoms with Crippen LogP contribution in [0.25, 0.3) is 16.9 Å². The molecule has 1 aliphatic heterocycles. The van der Waals surface area contributed by atoms with Crippen LogP contribution >= 0.6 is 0 Å². The van der Waals surface area contributed by atoms with Gasteiger partial charge in [-0.3, -0.25) is 4.79 Å². The fourth-order valence-corrected chi connectivity index (χ4v) is 5.94. The molecule has 2 aromatic heterocycles. The van der Waals surface area contributed by atoms with E-state index in [1.54, 1.807) is 19.1 Å². The SMILES string of the molecule is CCCc1nc(C)c2c(=O)[nH]c(-c3cc(OCC)ccc3S(=O)(=O)N3CCN(CC)CC3)nn12. The predicted octanol–water partition coefficient (Wildman–Crippen LogP) is 2.07. The van der Waals surface area contributed by atoms with Gasteiger partial charge in [-0.1, -0.05) is 13.8 Å². The van der Waals surface area contributed by atoms with Crippen LogP contribution in [0.4, 0.5) is 0 Å². The highest BCUT2D eigenvalue weighted by Gasteiger charge is 2.31. The van der Waals surface area contributed by atoms with Gasteiger partial charge in [0.05, 0.1) is 17.2 Å². The minimum absolute atomic E-state index is 0.0947. The highest BCUT2D eigenvalue weighted by Crippen LogP contribution is 2.31. The van der Waals surface area contributed by atoms with Crippen LogP contribution in [0.5, 0.6) is 5.75 Å². The standard InChI is InChI=1S/C23H32N6O4S/c1-5-8-20-24-16(4)21-23(30)25-22(26-29(20)21)18-15-17(33-7-3)9-10-19(18)34(31,32)28-13-11-27(6-2)12-14-28/h9-10,15H,5-8,11-14H2,1-4H3,(H,25,26,30). The Morgan fingerprint density at radius 1 is 1.12 bits per heavy atom. The lowest BCUT2D eigenvalue weighted by atomic mass is 10.2. The molecule has 4 rings (SSSR count). The third-order valence-corrected chi connectivity index (χ3v) is 8.09. The molecule has 34 heavy (non-hydrogen) atoms. The van der Waals surface area contributed by atoms with Gasteiger partial charge < -0.3 is 14.6 Å². The lowest BCUT2D eigenvalue weighted by Crippen LogP contribution is -2.48. The number of aromatic nitrogens is 4. The Bertz CT molecular complexity index is 1340. The highest BCUT2D eigenvalue weighted by molar-refractivity contribution is 7.89. The maximum Gasteiger partial charge on any atom is 0.277 e. The number of hydrogen-bond donors (Lipinski definition) is 1. The summed E-state index contributed by atoms with van der Waals surface area (Å²) in [6, 6.07) is 4.81. The minimum atomic E-state index is -3.82. The molecule has 1 fully saturated rings. The van der Waals surface area contributed by atoms with E-state index in [9.17, 15) is 13.2 Å². The zero-order valence-corrected chi connectivity index (χ0v) is 21.0. The van der Waals surface area contributed by atoms with E-state index in [1.165, 1.54) is 14.9 Å². The number of nitrogens with one attached hydrogen (secondary N) is 1. The monoisotopic (exact) mass is 488 g/mol. The molecule has 0 radical (unpaired) electrons. The van der Waals surface area contributed by atoms with Crippen LogP contribution in [-0.2, 0) is 16.4 Å². The topological polar surface area (TPSA) is 113 Å². The summed E-state index contributed by atoms with van der Waals surface area (Å²) in [6.45, 7) is 11.2. The lowest BCUT2D eigenvalue weighted by Gasteiger charge is -2.33. The molecule has 3 aromatic rings. The second-order valence-electron chi connectivity index (χ2n) is 8.36. The van der Waals surface area contributed by atoms with E-state index in [2.05, 4.69) is 26.9 Å². The summed E-state index contributed by atoms with van der Waals surface area (Å²) in [5, 5.41) is 4.64. The smallest absolute Gasteiger partial charge is 0.277 e. The summed E-state index contributed by atoms with van der Waals surface area (Å²) in [6.07, 6.45) is 1.49. The molecule has 0 saturated carbocycles. The molecule has 0 atom stereocenters. The first-order valence-corrected chi connectivity index (χ1v) is 13.2. The summed E-state index contributed by atoms with van der Waals surface area (Å²) >= 11 is 0. The summed E-state index contributed by atoms with van der Waals surface area (Å²) in [7, 11) is -3.82. The van der Waals surface area contributed by atoms with Crippen molar-refractivity contribution < 1.29 is 13.2 Å². The lowest BCUT2D eigenvalue weighted by molar-refractivity contribution is 0.196. The second-order valence-corrected chi connectivity index (χ2v) is 10.3. The van der Waals surface area contributed by atoms with Gasteiger partial charge in [-0.25, -0.2) is 17.9 Å². The van der Waals surface area contributed by atoms with Crippen molar-refractivity contribution >= 4 is 15.5 Å². The first kappa shape index (κ1) is 24.4. The molecule has 1 aliphatic rings. The zero-order chi connectivity index (χ0) is 24.5. The van der Waals surface area contributed by atoms with Gasteiger partial charge in [0.15, 0.2) is 11.3 Å². The fourth-order valence-electron chi connectivity index (χ4n) is 4.34. The number of benzene rings is 1. The normalized spacial score (nSPS) is 15.8. The molecule has 3 heterocycles. The van der Waals surface area contributed by atoms with Crippen molar-refractivity contribution in [1.82, 2.24) is 28.8 Å². The third-order valence-electron chi connectivity index (χ3n) is 6.13. The van der Waals surface area contributed by atoms with Gasteiger partial charge in [0.1, 0.15) is 11.6 Å². The molecule has 1 aromatic carbocycles. The van der Waals surface area contributed by atoms with Crippen LogP contribution in [0.1, 0.15) is 38.7 Å². The first-order valence-electron chi connectivity index (χ1n) is 11.8. The van der Waals surface area contributed by atoms with Gasteiger partial charge in [0.2, 0.25) is 10.0 Å². The van der Waals surface area contributed by atoms with Crippen molar-refractivity contribution in [3.05, 3.63) is 40.1 Å². The van der Waals surface area contributed by atoms with E-state index < -0.39 is 10.0 Å². The largest absolute Gasteiger partial charge is 0.494 e. The number of sulfonamides is 1. The Hall–Kier alpha value is -2.76. The second kappa shape index (κ2) is 9.85. The predicted molar refractivity (Wildman–Crippen MR) is 130 cm³/mol. The van der Waals surface area contributed by atoms with Crippen molar-refractivity contribution in [2.45, 2.75) is 45.4 Å². The number of likely N-dealkylation sites (N-methyl/N-ethyl adjacent to an activating group) is 1. The van der Waals surface area contributed by atoms with E-state index in [0.29, 0.717) is 67.6 Å². The quantitative estimate of drug-likeness (QED) is 0.516. The number of nitrogens with zero attached hydrogens (tertiary/aromatic N) is 5. The maximum atomic E-state index is 13.7. The Balaban J connectivity index is 1.87. The van der Waals surface area contributed by atoms with Gasteiger partial charge in [0.25, 0.3) is 5.56 Å². The Morgan fingerprint density at radius 3 is 2.50 bits per heavy atom.